The molecular formula is C21H21N3O4. The summed E-state index contributed by atoms with van der Waals surface area (Å²) in [4.78, 5) is 25.1. The predicted molar refractivity (Wildman–Crippen MR) is 103 cm³/mol. The lowest BCUT2D eigenvalue weighted by molar-refractivity contribution is -0.142. The van der Waals surface area contributed by atoms with Crippen molar-refractivity contribution in [3.05, 3.63) is 90.8 Å². The molecule has 7 heteroatoms. The Morgan fingerprint density at radius 2 is 1.57 bits per heavy atom. The minimum atomic E-state index is -1.27. The van der Waals surface area contributed by atoms with Gasteiger partial charge in [-0.3, -0.25) is 14.8 Å². The summed E-state index contributed by atoms with van der Waals surface area (Å²) >= 11 is 0. The van der Waals surface area contributed by atoms with Gasteiger partial charge in [0.2, 0.25) is 11.6 Å². The second kappa shape index (κ2) is 8.88. The van der Waals surface area contributed by atoms with Crippen LogP contribution < -0.4 is 20.9 Å². The SMILES string of the molecule is O=C(NO)C(Cc1ccccc1)C(=O)NC1(Oc2ccccc2)C=CNC=C1. The average molecular weight is 379 g/mol. The Labute approximate surface area is 162 Å². The second-order valence-corrected chi connectivity index (χ2v) is 6.25. The van der Waals surface area contributed by atoms with Crippen molar-refractivity contribution in [2.45, 2.75) is 12.1 Å². The molecule has 28 heavy (non-hydrogen) atoms. The molecule has 0 saturated carbocycles. The van der Waals surface area contributed by atoms with Gasteiger partial charge in [0.15, 0.2) is 0 Å². The van der Waals surface area contributed by atoms with Crippen LogP contribution in [0.2, 0.25) is 0 Å². The first-order chi connectivity index (χ1) is 13.6. The molecule has 0 saturated heterocycles. The molecule has 7 nitrogen and oxygen atoms in total. The number of benzene rings is 2. The standard InChI is InChI=1S/C21H21N3O4/c25-19(18(20(26)24-27)15-16-7-3-1-4-8-16)23-21(11-13-22-14-12-21)28-17-9-5-2-6-10-17/h1-14,18,22,27H,15H2,(H,23,25)(H,24,26). The Hall–Kier alpha value is -3.58. The van der Waals surface area contributed by atoms with E-state index in [9.17, 15) is 9.59 Å². The summed E-state index contributed by atoms with van der Waals surface area (Å²) in [5, 5.41) is 14.7. The van der Waals surface area contributed by atoms with E-state index in [4.69, 9.17) is 9.94 Å². The smallest absolute Gasteiger partial charge is 0.256 e. The quantitative estimate of drug-likeness (QED) is 0.255. The van der Waals surface area contributed by atoms with Crippen LogP contribution in [0.5, 0.6) is 5.75 Å². The highest BCUT2D eigenvalue weighted by molar-refractivity contribution is 6.00. The molecular weight excluding hydrogens is 358 g/mol. The monoisotopic (exact) mass is 379 g/mol. The molecule has 2 aromatic rings. The third-order valence-electron chi connectivity index (χ3n) is 4.23. The van der Waals surface area contributed by atoms with Crippen molar-refractivity contribution < 1.29 is 19.5 Å². The van der Waals surface area contributed by atoms with Crippen molar-refractivity contribution in [3.8, 4) is 5.75 Å². The molecule has 0 aliphatic carbocycles. The van der Waals surface area contributed by atoms with E-state index in [1.807, 2.05) is 48.5 Å². The van der Waals surface area contributed by atoms with E-state index < -0.39 is 23.5 Å². The predicted octanol–water partition coefficient (Wildman–Crippen LogP) is 1.87. The number of carbonyl (C=O) groups excluding carboxylic acids is 2. The van der Waals surface area contributed by atoms with Crippen molar-refractivity contribution >= 4 is 11.8 Å². The van der Waals surface area contributed by atoms with Gasteiger partial charge >= 0.3 is 0 Å². The molecule has 0 radical (unpaired) electrons. The largest absolute Gasteiger partial charge is 0.461 e. The first kappa shape index (κ1) is 19.2. The van der Waals surface area contributed by atoms with E-state index in [2.05, 4.69) is 10.6 Å². The lowest BCUT2D eigenvalue weighted by Gasteiger charge is -2.32. The summed E-state index contributed by atoms with van der Waals surface area (Å²) in [7, 11) is 0. The van der Waals surface area contributed by atoms with Crippen LogP contribution in [-0.4, -0.2) is 22.7 Å². The second-order valence-electron chi connectivity index (χ2n) is 6.25. The van der Waals surface area contributed by atoms with E-state index in [1.54, 1.807) is 42.2 Å². The van der Waals surface area contributed by atoms with Crippen LogP contribution >= 0.6 is 0 Å². The summed E-state index contributed by atoms with van der Waals surface area (Å²) in [5.74, 6) is -1.97. The van der Waals surface area contributed by atoms with Gasteiger partial charge in [0.1, 0.15) is 11.7 Å². The number of rotatable bonds is 7. The number of hydrogen-bond acceptors (Lipinski definition) is 5. The topological polar surface area (TPSA) is 99.7 Å². The van der Waals surface area contributed by atoms with Crippen molar-refractivity contribution in [3.63, 3.8) is 0 Å². The molecule has 1 unspecified atom stereocenters. The fourth-order valence-corrected chi connectivity index (χ4v) is 2.83. The molecule has 1 atom stereocenters. The molecule has 0 bridgehead atoms. The maximum atomic E-state index is 13.0. The van der Waals surface area contributed by atoms with E-state index in [-0.39, 0.29) is 6.42 Å². The van der Waals surface area contributed by atoms with Gasteiger partial charge in [0.05, 0.1) is 0 Å². The fourth-order valence-electron chi connectivity index (χ4n) is 2.83. The van der Waals surface area contributed by atoms with Crippen molar-refractivity contribution in [2.24, 2.45) is 5.92 Å². The molecule has 1 heterocycles. The number of ether oxygens (including phenoxy) is 1. The van der Waals surface area contributed by atoms with Crippen LogP contribution in [0, 0.1) is 5.92 Å². The average Bonchev–Trinajstić information content (AvgIpc) is 2.73. The van der Waals surface area contributed by atoms with Gasteiger partial charge in [-0.25, -0.2) is 5.48 Å². The maximum absolute atomic E-state index is 13.0. The number of para-hydroxylation sites is 1. The Kier molecular flexibility index (Phi) is 6.08. The summed E-state index contributed by atoms with van der Waals surface area (Å²) in [6, 6.07) is 18.1. The first-order valence-corrected chi connectivity index (χ1v) is 8.77. The molecule has 0 aromatic heterocycles. The lowest BCUT2D eigenvalue weighted by Crippen LogP contribution is -2.55. The van der Waals surface area contributed by atoms with E-state index in [0.717, 1.165) is 5.56 Å². The van der Waals surface area contributed by atoms with Gasteiger partial charge < -0.3 is 15.4 Å². The molecule has 144 valence electrons. The zero-order valence-corrected chi connectivity index (χ0v) is 15.0. The Morgan fingerprint density at radius 3 is 2.18 bits per heavy atom. The highest BCUT2D eigenvalue weighted by atomic mass is 16.5. The minimum Gasteiger partial charge on any atom is -0.461 e. The Morgan fingerprint density at radius 1 is 0.964 bits per heavy atom. The molecule has 4 N–H and O–H groups in total. The molecule has 1 aliphatic heterocycles. The first-order valence-electron chi connectivity index (χ1n) is 8.77. The summed E-state index contributed by atoms with van der Waals surface area (Å²) < 4.78 is 5.99. The third kappa shape index (κ3) is 4.77. The number of nitrogens with one attached hydrogen (secondary N) is 3. The van der Waals surface area contributed by atoms with Gasteiger partial charge in [0, 0.05) is 24.6 Å². The minimum absolute atomic E-state index is 0.131. The molecule has 0 fully saturated rings. The number of amides is 2. The molecule has 3 rings (SSSR count). The van der Waals surface area contributed by atoms with Gasteiger partial charge in [-0.05, 0) is 24.1 Å². The number of hydroxylamine groups is 1. The zero-order chi connectivity index (χ0) is 19.8. The van der Waals surface area contributed by atoms with Crippen LogP contribution in [0.3, 0.4) is 0 Å². The normalized spacial score (nSPS) is 15.2. The molecule has 2 aromatic carbocycles. The Balaban J connectivity index is 1.82. The number of dihydropyridines is 1. The van der Waals surface area contributed by atoms with Gasteiger partial charge in [0.25, 0.3) is 5.91 Å². The van der Waals surface area contributed by atoms with Crippen LogP contribution in [0.15, 0.2) is 85.2 Å². The number of hydrogen-bond donors (Lipinski definition) is 4. The Bertz CT molecular complexity index is 854. The van der Waals surface area contributed by atoms with E-state index in [0.29, 0.717) is 5.75 Å². The van der Waals surface area contributed by atoms with Crippen LogP contribution in [0.1, 0.15) is 5.56 Å². The van der Waals surface area contributed by atoms with E-state index >= 15 is 0 Å². The molecule has 1 aliphatic rings. The van der Waals surface area contributed by atoms with Crippen molar-refractivity contribution in [1.82, 2.24) is 16.1 Å². The molecule has 2 amide bonds. The van der Waals surface area contributed by atoms with Gasteiger partial charge in [-0.2, -0.15) is 0 Å². The third-order valence-corrected chi connectivity index (χ3v) is 4.23. The van der Waals surface area contributed by atoms with Gasteiger partial charge in [-0.1, -0.05) is 48.5 Å². The van der Waals surface area contributed by atoms with Crippen LogP contribution in [-0.2, 0) is 16.0 Å². The highest BCUT2D eigenvalue weighted by Gasteiger charge is 2.35. The summed E-state index contributed by atoms with van der Waals surface area (Å²) in [6.45, 7) is 0. The highest BCUT2D eigenvalue weighted by Crippen LogP contribution is 2.21. The fraction of sp³-hybridized carbons (Fsp3) is 0.143. The summed E-state index contributed by atoms with van der Waals surface area (Å²) in [5.41, 5.74) is 1.10. The van der Waals surface area contributed by atoms with Crippen LogP contribution in [0.4, 0.5) is 0 Å². The molecule has 0 spiro atoms. The summed E-state index contributed by atoms with van der Waals surface area (Å²) in [6.07, 6.45) is 6.65. The van der Waals surface area contributed by atoms with Crippen LogP contribution in [0.25, 0.3) is 0 Å². The maximum Gasteiger partial charge on any atom is 0.256 e. The van der Waals surface area contributed by atoms with Crippen molar-refractivity contribution in [2.75, 3.05) is 0 Å². The zero-order valence-electron chi connectivity index (χ0n) is 15.0. The van der Waals surface area contributed by atoms with Gasteiger partial charge in [-0.15, -0.1) is 0 Å². The lowest BCUT2D eigenvalue weighted by atomic mass is 9.97. The van der Waals surface area contributed by atoms with E-state index in [1.165, 1.54) is 0 Å². The number of carbonyl (C=O) groups is 2. The van der Waals surface area contributed by atoms with Crippen molar-refractivity contribution in [1.29, 1.82) is 0 Å².